The summed E-state index contributed by atoms with van der Waals surface area (Å²) in [6, 6.07) is 5.57. The van der Waals surface area contributed by atoms with Gasteiger partial charge in [-0.1, -0.05) is 0 Å². The molecule has 1 saturated carbocycles. The zero-order valence-corrected chi connectivity index (χ0v) is 13.2. The summed E-state index contributed by atoms with van der Waals surface area (Å²) in [5.41, 5.74) is 0.634. The minimum atomic E-state index is -0.136. The summed E-state index contributed by atoms with van der Waals surface area (Å²) < 4.78 is 10.5. The molecule has 6 heteroatoms. The first-order chi connectivity index (χ1) is 10.5. The monoisotopic (exact) mass is 306 g/mol. The van der Waals surface area contributed by atoms with Crippen LogP contribution < -0.4 is 19.7 Å². The Bertz CT molecular complexity index is 555. The summed E-state index contributed by atoms with van der Waals surface area (Å²) in [5, 5.41) is 2.92. The van der Waals surface area contributed by atoms with Crippen molar-refractivity contribution in [2.45, 2.75) is 32.2 Å². The van der Waals surface area contributed by atoms with Crippen LogP contribution in [0.1, 0.15) is 26.2 Å². The Morgan fingerprint density at radius 2 is 2.00 bits per heavy atom. The minimum Gasteiger partial charge on any atom is -0.497 e. The molecule has 0 aromatic heterocycles. The highest BCUT2D eigenvalue weighted by molar-refractivity contribution is 5.94. The number of ether oxygens (including phenoxy) is 2. The van der Waals surface area contributed by atoms with Gasteiger partial charge >= 0.3 is 0 Å². The highest BCUT2D eigenvalue weighted by Gasteiger charge is 2.24. The first-order valence-electron chi connectivity index (χ1n) is 7.34. The van der Waals surface area contributed by atoms with Gasteiger partial charge in [0.1, 0.15) is 11.5 Å². The van der Waals surface area contributed by atoms with Crippen molar-refractivity contribution in [3.8, 4) is 11.5 Å². The molecule has 0 atom stereocenters. The van der Waals surface area contributed by atoms with Crippen LogP contribution in [0.4, 0.5) is 5.69 Å². The molecule has 2 rings (SSSR count). The molecule has 0 bridgehead atoms. The Morgan fingerprint density at radius 3 is 2.55 bits per heavy atom. The minimum absolute atomic E-state index is 0.0266. The second-order valence-electron chi connectivity index (χ2n) is 5.30. The van der Waals surface area contributed by atoms with Gasteiger partial charge in [0.2, 0.25) is 11.8 Å². The molecule has 1 aliphatic rings. The number of nitrogens with one attached hydrogen (secondary N) is 1. The Morgan fingerprint density at radius 1 is 1.27 bits per heavy atom. The van der Waals surface area contributed by atoms with Crippen LogP contribution in [0.25, 0.3) is 0 Å². The summed E-state index contributed by atoms with van der Waals surface area (Å²) >= 11 is 0. The van der Waals surface area contributed by atoms with Crippen LogP contribution in [-0.4, -0.2) is 38.6 Å². The van der Waals surface area contributed by atoms with Crippen LogP contribution >= 0.6 is 0 Å². The van der Waals surface area contributed by atoms with Crippen molar-refractivity contribution in [3.63, 3.8) is 0 Å². The molecule has 22 heavy (non-hydrogen) atoms. The highest BCUT2D eigenvalue weighted by atomic mass is 16.5. The van der Waals surface area contributed by atoms with Gasteiger partial charge in [-0.2, -0.15) is 0 Å². The third-order valence-corrected chi connectivity index (χ3v) is 3.56. The molecule has 1 N–H and O–H groups in total. The smallest absolute Gasteiger partial charge is 0.223 e. The normalized spacial score (nSPS) is 13.4. The Labute approximate surface area is 130 Å². The fourth-order valence-corrected chi connectivity index (χ4v) is 2.20. The molecular weight excluding hydrogens is 284 g/mol. The van der Waals surface area contributed by atoms with Crippen LogP contribution in [0, 0.1) is 0 Å². The van der Waals surface area contributed by atoms with Crippen molar-refractivity contribution in [1.29, 1.82) is 0 Å². The second kappa shape index (κ2) is 7.15. The van der Waals surface area contributed by atoms with E-state index in [1.165, 1.54) is 14.0 Å². The van der Waals surface area contributed by atoms with E-state index < -0.39 is 0 Å². The highest BCUT2D eigenvalue weighted by Crippen LogP contribution is 2.32. The Hall–Kier alpha value is -2.24. The molecule has 2 amide bonds. The summed E-state index contributed by atoms with van der Waals surface area (Å²) in [4.78, 5) is 25.3. The van der Waals surface area contributed by atoms with E-state index in [0.717, 1.165) is 12.8 Å². The number of carbonyl (C=O) groups is 2. The molecule has 0 aliphatic heterocycles. The summed E-state index contributed by atoms with van der Waals surface area (Å²) in [7, 11) is 3.11. The van der Waals surface area contributed by atoms with Gasteiger partial charge < -0.3 is 19.7 Å². The van der Waals surface area contributed by atoms with Crippen molar-refractivity contribution in [2.24, 2.45) is 0 Å². The van der Waals surface area contributed by atoms with Crippen molar-refractivity contribution < 1.29 is 19.1 Å². The maximum absolute atomic E-state index is 11.9. The number of carbonyl (C=O) groups excluding carboxylic acids is 2. The van der Waals surface area contributed by atoms with Crippen LogP contribution in [-0.2, 0) is 9.59 Å². The molecule has 0 heterocycles. The quantitative estimate of drug-likeness (QED) is 0.833. The van der Waals surface area contributed by atoms with Gasteiger partial charge in [-0.3, -0.25) is 9.59 Å². The van der Waals surface area contributed by atoms with Crippen LogP contribution in [0.3, 0.4) is 0 Å². The van der Waals surface area contributed by atoms with Gasteiger partial charge in [0.05, 0.1) is 19.9 Å². The molecule has 6 nitrogen and oxygen atoms in total. The van der Waals surface area contributed by atoms with E-state index in [-0.39, 0.29) is 18.2 Å². The fraction of sp³-hybridized carbons (Fsp3) is 0.500. The fourth-order valence-electron chi connectivity index (χ4n) is 2.20. The molecule has 1 aromatic rings. The van der Waals surface area contributed by atoms with E-state index in [0.29, 0.717) is 29.8 Å². The van der Waals surface area contributed by atoms with Crippen molar-refractivity contribution in [3.05, 3.63) is 18.2 Å². The Balaban J connectivity index is 2.09. The third kappa shape index (κ3) is 4.13. The third-order valence-electron chi connectivity index (χ3n) is 3.56. The average Bonchev–Trinajstić information content (AvgIpc) is 3.31. The van der Waals surface area contributed by atoms with Gasteiger partial charge in [-0.05, 0) is 25.0 Å². The van der Waals surface area contributed by atoms with Crippen LogP contribution in [0.15, 0.2) is 18.2 Å². The molecule has 1 fully saturated rings. The number of amides is 2. The van der Waals surface area contributed by atoms with Crippen molar-refractivity contribution in [1.82, 2.24) is 5.32 Å². The summed E-state index contributed by atoms with van der Waals surface area (Å²) in [6.45, 7) is 1.79. The first-order valence-corrected chi connectivity index (χ1v) is 7.34. The van der Waals surface area contributed by atoms with Gasteiger partial charge in [-0.15, -0.1) is 0 Å². The number of hydrogen-bond acceptors (Lipinski definition) is 4. The molecule has 0 radical (unpaired) electrons. The van der Waals surface area contributed by atoms with E-state index in [1.54, 1.807) is 30.2 Å². The van der Waals surface area contributed by atoms with Gasteiger partial charge in [-0.25, -0.2) is 0 Å². The molecule has 0 unspecified atom stereocenters. The maximum atomic E-state index is 11.9. The number of nitrogens with zero attached hydrogens (tertiary/aromatic N) is 1. The van der Waals surface area contributed by atoms with E-state index in [4.69, 9.17) is 9.47 Å². The zero-order chi connectivity index (χ0) is 16.1. The topological polar surface area (TPSA) is 67.9 Å². The SMILES string of the molecule is COc1ccc(N(CCC(=O)NC2CC2)C(C)=O)c(OC)c1. The predicted molar refractivity (Wildman–Crippen MR) is 83.4 cm³/mol. The Kier molecular flexibility index (Phi) is 5.25. The molecule has 0 saturated heterocycles. The lowest BCUT2D eigenvalue weighted by molar-refractivity contribution is -0.121. The molecule has 120 valence electrons. The number of rotatable bonds is 7. The molecule has 0 spiro atoms. The predicted octanol–water partition coefficient (Wildman–Crippen LogP) is 1.73. The lowest BCUT2D eigenvalue weighted by Gasteiger charge is -2.23. The molecule has 1 aliphatic carbocycles. The lowest BCUT2D eigenvalue weighted by Crippen LogP contribution is -2.34. The lowest BCUT2D eigenvalue weighted by atomic mass is 10.2. The first kappa shape index (κ1) is 16.1. The van der Waals surface area contributed by atoms with Gasteiger partial charge in [0, 0.05) is 32.0 Å². The molecule has 1 aromatic carbocycles. The van der Waals surface area contributed by atoms with E-state index in [9.17, 15) is 9.59 Å². The number of methoxy groups -OCH3 is 2. The summed E-state index contributed by atoms with van der Waals surface area (Å²) in [5.74, 6) is 1.02. The standard InChI is InChI=1S/C16H22N2O4/c1-11(19)18(9-8-16(20)17-12-4-5-12)14-7-6-13(21-2)10-15(14)22-3/h6-7,10,12H,4-5,8-9H2,1-3H3,(H,17,20). The number of hydrogen-bond donors (Lipinski definition) is 1. The van der Waals surface area contributed by atoms with Crippen molar-refractivity contribution >= 4 is 17.5 Å². The zero-order valence-electron chi connectivity index (χ0n) is 13.2. The van der Waals surface area contributed by atoms with Crippen LogP contribution in [0.5, 0.6) is 11.5 Å². The van der Waals surface area contributed by atoms with Gasteiger partial charge in [0.25, 0.3) is 0 Å². The summed E-state index contributed by atoms with van der Waals surface area (Å²) in [6.07, 6.45) is 2.37. The molecular formula is C16H22N2O4. The van der Waals surface area contributed by atoms with E-state index in [1.807, 2.05) is 0 Å². The van der Waals surface area contributed by atoms with Crippen LogP contribution in [0.2, 0.25) is 0 Å². The van der Waals surface area contributed by atoms with E-state index >= 15 is 0 Å². The largest absolute Gasteiger partial charge is 0.497 e. The maximum Gasteiger partial charge on any atom is 0.223 e. The average molecular weight is 306 g/mol. The van der Waals surface area contributed by atoms with E-state index in [2.05, 4.69) is 5.32 Å². The van der Waals surface area contributed by atoms with Crippen molar-refractivity contribution in [2.75, 3.05) is 25.7 Å². The number of benzene rings is 1. The number of anilines is 1. The second-order valence-corrected chi connectivity index (χ2v) is 5.30. The van der Waals surface area contributed by atoms with Gasteiger partial charge in [0.15, 0.2) is 0 Å².